The van der Waals surface area contributed by atoms with Gasteiger partial charge in [-0.1, -0.05) is 36.4 Å². The summed E-state index contributed by atoms with van der Waals surface area (Å²) >= 11 is 0. The average Bonchev–Trinajstić information content (AvgIpc) is 4.10. The van der Waals surface area contributed by atoms with E-state index in [-0.39, 0.29) is 77.5 Å². The first-order valence-electron chi connectivity index (χ1n) is 26.1. The van der Waals surface area contributed by atoms with Crippen LogP contribution < -0.4 is 40.0 Å². The molecule has 2 aliphatic rings. The van der Waals surface area contributed by atoms with E-state index in [9.17, 15) is 44.8 Å². The van der Waals surface area contributed by atoms with E-state index in [1.165, 1.54) is 77.0 Å². The maximum atomic E-state index is 14.4. The Morgan fingerprint density at radius 2 is 1.01 bits per heavy atom. The molecule has 2 aliphatic heterocycles. The van der Waals surface area contributed by atoms with Gasteiger partial charge in [0.25, 0.3) is 9.05 Å². The molecule has 4 aromatic carbocycles. The number of hydrogen-bond donors (Lipinski definition) is 4. The molecule has 2 fully saturated rings. The predicted octanol–water partition coefficient (Wildman–Crippen LogP) is 7.87. The molecule has 4 amide bonds. The second-order valence-corrected chi connectivity index (χ2v) is 25.3. The molecule has 25 heteroatoms. The zero-order valence-corrected chi connectivity index (χ0v) is 49.9. The van der Waals surface area contributed by atoms with Crippen molar-refractivity contribution in [2.45, 2.75) is 138 Å². The van der Waals surface area contributed by atoms with Crippen LogP contribution in [-0.4, -0.2) is 141 Å². The smallest absolute Gasteiger partial charge is 0.407 e. The Morgan fingerprint density at radius 1 is 0.617 bits per heavy atom. The Kier molecular flexibility index (Phi) is 25.3. The van der Waals surface area contributed by atoms with Gasteiger partial charge in [0.2, 0.25) is 21.8 Å². The Hall–Kier alpha value is -6.47. The molecule has 0 aliphatic carbocycles. The van der Waals surface area contributed by atoms with Crippen LogP contribution in [0.2, 0.25) is 0 Å². The molecule has 0 unspecified atom stereocenters. The van der Waals surface area contributed by atoms with Crippen LogP contribution in [-0.2, 0) is 51.0 Å². The lowest BCUT2D eigenvalue weighted by molar-refractivity contribution is -0.133. The maximum absolute atomic E-state index is 14.4. The van der Waals surface area contributed by atoms with Gasteiger partial charge < -0.3 is 54.6 Å². The molecule has 2 heterocycles. The summed E-state index contributed by atoms with van der Waals surface area (Å²) in [4.78, 5) is 54.2. The van der Waals surface area contributed by atoms with Crippen molar-refractivity contribution in [3.8, 4) is 23.0 Å². The lowest BCUT2D eigenvalue weighted by Gasteiger charge is -2.28. The van der Waals surface area contributed by atoms with Gasteiger partial charge in [-0.15, -0.1) is 0 Å². The SMILES string of the molecule is CC(C)(C)OC(=O)N[C@@H](CC(=O)N1CCC[C@H]1CN)Cc1ccccc1F.COc1ccc(S(=O)(=O)Cl)cc1OC.COc1ccc(S(=O)(=O)NC[C@@H]2CCCN2C(=O)C[C@@H](Cc2ccccc2F)NC(=O)OC(C)(C)C)cc1OC. The fraction of sp³-hybridized carbons (Fsp3) is 0.500. The third kappa shape index (κ3) is 21.7. The van der Waals surface area contributed by atoms with Gasteiger partial charge in [-0.2, -0.15) is 0 Å². The van der Waals surface area contributed by atoms with Crippen molar-refractivity contribution >= 4 is 53.8 Å². The molecule has 0 saturated carbocycles. The number of sulfonamides is 1. The molecule has 0 radical (unpaired) electrons. The summed E-state index contributed by atoms with van der Waals surface area (Å²) in [5, 5.41) is 5.44. The molecule has 2 saturated heterocycles. The van der Waals surface area contributed by atoms with E-state index < -0.39 is 60.4 Å². The highest BCUT2D eigenvalue weighted by atomic mass is 35.7. The van der Waals surface area contributed by atoms with Gasteiger partial charge in [0.05, 0.1) is 38.2 Å². The average molecular weight is 1200 g/mol. The maximum Gasteiger partial charge on any atom is 0.407 e. The summed E-state index contributed by atoms with van der Waals surface area (Å²) in [6, 6.07) is 19.3. The van der Waals surface area contributed by atoms with Gasteiger partial charge in [-0.25, -0.2) is 39.9 Å². The number of ether oxygens (including phenoxy) is 6. The molecule has 4 atom stereocenters. The van der Waals surface area contributed by atoms with E-state index >= 15 is 0 Å². The van der Waals surface area contributed by atoms with Crippen LogP contribution in [0, 0.1) is 11.6 Å². The molecule has 81 heavy (non-hydrogen) atoms. The van der Waals surface area contributed by atoms with Crippen LogP contribution in [0.5, 0.6) is 23.0 Å². The van der Waals surface area contributed by atoms with Crippen molar-refractivity contribution in [2.24, 2.45) is 5.73 Å². The zero-order valence-electron chi connectivity index (χ0n) is 47.5. The number of nitrogens with zero attached hydrogens (tertiary/aromatic N) is 2. The number of alkyl carbamates (subject to hydrolysis) is 2. The fourth-order valence-electron chi connectivity index (χ4n) is 8.84. The Bertz CT molecular complexity index is 2980. The molecular formula is C56H77ClF2N6O14S2. The van der Waals surface area contributed by atoms with E-state index in [1.54, 1.807) is 87.7 Å². The molecule has 0 aromatic heterocycles. The highest BCUT2D eigenvalue weighted by Gasteiger charge is 2.34. The van der Waals surface area contributed by atoms with E-state index in [1.807, 2.05) is 0 Å². The molecule has 5 N–H and O–H groups in total. The Morgan fingerprint density at radius 3 is 1.41 bits per heavy atom. The molecule has 0 bridgehead atoms. The number of carbonyl (C=O) groups is 4. The summed E-state index contributed by atoms with van der Waals surface area (Å²) < 4.78 is 110. The van der Waals surface area contributed by atoms with Crippen LogP contribution in [0.25, 0.3) is 0 Å². The van der Waals surface area contributed by atoms with E-state index in [0.717, 1.165) is 12.8 Å². The summed E-state index contributed by atoms with van der Waals surface area (Å²) in [7, 11) is 3.30. The lowest BCUT2D eigenvalue weighted by atomic mass is 10.0. The number of nitrogens with two attached hydrogens (primary N) is 1. The van der Waals surface area contributed by atoms with Crippen LogP contribution >= 0.6 is 10.7 Å². The minimum atomic E-state index is -3.89. The minimum Gasteiger partial charge on any atom is -0.493 e. The van der Waals surface area contributed by atoms with E-state index in [2.05, 4.69) is 15.4 Å². The first-order chi connectivity index (χ1) is 38.0. The number of halogens is 3. The van der Waals surface area contributed by atoms with Crippen molar-refractivity contribution < 1.29 is 73.2 Å². The molecular weight excluding hydrogens is 1120 g/mol. The largest absolute Gasteiger partial charge is 0.493 e. The van der Waals surface area contributed by atoms with Crippen molar-refractivity contribution in [1.29, 1.82) is 0 Å². The first-order valence-corrected chi connectivity index (χ1v) is 29.9. The molecule has 448 valence electrons. The zero-order chi connectivity index (χ0) is 60.3. The number of amides is 4. The van der Waals surface area contributed by atoms with Crippen molar-refractivity contribution in [3.05, 3.63) is 108 Å². The Labute approximate surface area is 479 Å². The van der Waals surface area contributed by atoms with Gasteiger partial charge in [0.15, 0.2) is 23.0 Å². The number of benzene rings is 4. The van der Waals surface area contributed by atoms with Gasteiger partial charge in [0, 0.05) is 86.0 Å². The molecule has 6 rings (SSSR count). The minimum absolute atomic E-state index is 0.00698. The number of hydrogen-bond acceptors (Lipinski definition) is 15. The number of carbonyl (C=O) groups excluding carboxylic acids is 4. The van der Waals surface area contributed by atoms with Gasteiger partial charge >= 0.3 is 12.2 Å². The van der Waals surface area contributed by atoms with Crippen LogP contribution in [0.15, 0.2) is 94.7 Å². The van der Waals surface area contributed by atoms with Crippen molar-refractivity contribution in [2.75, 3.05) is 54.6 Å². The molecule has 20 nitrogen and oxygen atoms in total. The summed E-state index contributed by atoms with van der Waals surface area (Å²) in [5.74, 6) is 0.313. The predicted molar refractivity (Wildman–Crippen MR) is 302 cm³/mol. The summed E-state index contributed by atoms with van der Waals surface area (Å²) in [6.07, 6.45) is 2.06. The standard InChI is InChI=1S/C28H38FN3O7S.C20H30FN3O3.C8H9ClO4S/c1-28(2,3)39-27(34)31-20(15-19-9-6-7-11-23(19)29)16-26(33)32-14-8-10-21(32)18-30-40(35,36)22-12-13-24(37-4)25(17-22)38-5;1-20(2,3)27-19(26)23-15(11-14-7-4-5-9-17(14)21)12-18(25)24-10-6-8-16(24)13-22;1-12-7-4-3-6(14(9,10)11)5-8(7)13-2/h6-7,9,11-13,17,20-21,30H,8,10,14-16,18H2,1-5H3,(H,31,34);4-5,7,9,15-16H,6,8,10-13,22H2,1-3H3,(H,23,26);3-5H,1-2H3/t20-,21+;15-,16+;/m11./s1. The topological polar surface area (TPSA) is 261 Å². The lowest BCUT2D eigenvalue weighted by Crippen LogP contribution is -2.47. The van der Waals surface area contributed by atoms with Crippen molar-refractivity contribution in [1.82, 2.24) is 25.2 Å². The Balaban J connectivity index is 0.000000294. The number of likely N-dealkylation sites (tertiary alicyclic amines) is 2. The number of nitrogens with one attached hydrogen (secondary N) is 3. The third-order valence-electron chi connectivity index (χ3n) is 12.6. The second kappa shape index (κ2) is 30.5. The van der Waals surface area contributed by atoms with E-state index in [0.29, 0.717) is 60.9 Å². The van der Waals surface area contributed by atoms with Gasteiger partial charge in [-0.05, 0) is 128 Å². The second-order valence-electron chi connectivity index (χ2n) is 21.0. The highest BCUT2D eigenvalue weighted by Crippen LogP contribution is 2.32. The molecule has 4 aromatic rings. The number of rotatable bonds is 20. The molecule has 0 spiro atoms. The summed E-state index contributed by atoms with van der Waals surface area (Å²) in [5.41, 5.74) is 5.15. The van der Waals surface area contributed by atoms with Crippen molar-refractivity contribution in [3.63, 3.8) is 0 Å². The highest BCUT2D eigenvalue weighted by molar-refractivity contribution is 8.13. The summed E-state index contributed by atoms with van der Waals surface area (Å²) in [6.45, 7) is 12.0. The van der Waals surface area contributed by atoms with Crippen LogP contribution in [0.3, 0.4) is 0 Å². The normalized spacial score (nSPS) is 16.1. The third-order valence-corrected chi connectivity index (χ3v) is 15.4. The quantitative estimate of drug-likeness (QED) is 0.0614. The van der Waals surface area contributed by atoms with Crippen LogP contribution in [0.1, 0.15) is 91.2 Å². The monoisotopic (exact) mass is 1190 g/mol. The van der Waals surface area contributed by atoms with Gasteiger partial charge in [0.1, 0.15) is 22.8 Å². The van der Waals surface area contributed by atoms with Crippen LogP contribution in [0.4, 0.5) is 18.4 Å². The van der Waals surface area contributed by atoms with E-state index in [4.69, 9.17) is 44.8 Å². The first kappa shape index (κ1) is 67.0. The fourth-order valence-corrected chi connectivity index (χ4v) is 10.7. The number of methoxy groups -OCH3 is 4. The van der Waals surface area contributed by atoms with Gasteiger partial charge in [-0.3, -0.25) is 9.59 Å².